The Hall–Kier alpha value is -0.120. The van der Waals surface area contributed by atoms with Crippen LogP contribution in [0, 0.1) is 0 Å². The van der Waals surface area contributed by atoms with Crippen molar-refractivity contribution in [2.24, 2.45) is 5.73 Å². The van der Waals surface area contributed by atoms with E-state index in [4.69, 9.17) is 15.2 Å². The van der Waals surface area contributed by atoms with E-state index in [1.54, 1.807) is 7.11 Å². The van der Waals surface area contributed by atoms with Crippen LogP contribution in [0.1, 0.15) is 19.8 Å². The average molecular weight is 145 g/mol. The van der Waals surface area contributed by atoms with Gasteiger partial charge in [0.2, 0.25) is 0 Å². The van der Waals surface area contributed by atoms with E-state index in [1.165, 1.54) is 0 Å². The topological polar surface area (TPSA) is 44.5 Å². The highest BCUT2D eigenvalue weighted by molar-refractivity contribution is 4.74. The molecule has 1 saturated heterocycles. The number of nitrogens with two attached hydrogens (primary N) is 1. The van der Waals surface area contributed by atoms with Crippen molar-refractivity contribution in [3.63, 3.8) is 0 Å². The Morgan fingerprint density at radius 2 is 2.20 bits per heavy atom. The first-order valence-electron chi connectivity index (χ1n) is 3.68. The molecule has 0 aromatic rings. The van der Waals surface area contributed by atoms with Crippen LogP contribution < -0.4 is 5.73 Å². The molecule has 0 aliphatic carbocycles. The molecule has 3 heteroatoms. The van der Waals surface area contributed by atoms with Crippen molar-refractivity contribution in [2.75, 3.05) is 7.11 Å². The Morgan fingerprint density at radius 1 is 1.50 bits per heavy atom. The van der Waals surface area contributed by atoms with Gasteiger partial charge < -0.3 is 15.2 Å². The summed E-state index contributed by atoms with van der Waals surface area (Å²) in [6, 6.07) is 0.186. The minimum atomic E-state index is -0.0326. The van der Waals surface area contributed by atoms with Crippen LogP contribution in [0.5, 0.6) is 0 Å². The van der Waals surface area contributed by atoms with E-state index in [1.807, 2.05) is 6.92 Å². The predicted octanol–water partition coefficient (Wildman–Crippen LogP) is 0.485. The van der Waals surface area contributed by atoms with E-state index in [9.17, 15) is 0 Å². The molecular formula is C7H15NO2. The van der Waals surface area contributed by atoms with Crippen LogP contribution in [0.2, 0.25) is 0 Å². The van der Waals surface area contributed by atoms with E-state index < -0.39 is 0 Å². The lowest BCUT2D eigenvalue weighted by Crippen LogP contribution is -2.42. The van der Waals surface area contributed by atoms with E-state index in [2.05, 4.69) is 0 Å². The molecule has 0 aromatic carbocycles. The quantitative estimate of drug-likeness (QED) is 0.584. The largest absolute Gasteiger partial charge is 0.356 e. The molecule has 1 aliphatic heterocycles. The van der Waals surface area contributed by atoms with E-state index in [-0.39, 0.29) is 18.4 Å². The van der Waals surface area contributed by atoms with Crippen molar-refractivity contribution in [1.29, 1.82) is 0 Å². The van der Waals surface area contributed by atoms with Crippen LogP contribution in [0.25, 0.3) is 0 Å². The zero-order chi connectivity index (χ0) is 7.56. The Bertz CT molecular complexity index is 108. The number of rotatable bonds is 1. The molecule has 0 radical (unpaired) electrons. The molecule has 10 heavy (non-hydrogen) atoms. The molecule has 0 unspecified atom stereocenters. The summed E-state index contributed by atoms with van der Waals surface area (Å²) in [6.07, 6.45) is 2.02. The van der Waals surface area contributed by atoms with Gasteiger partial charge in [0.1, 0.15) is 0 Å². The van der Waals surface area contributed by atoms with Gasteiger partial charge in [-0.2, -0.15) is 0 Å². The predicted molar refractivity (Wildman–Crippen MR) is 38.6 cm³/mol. The second kappa shape index (κ2) is 3.32. The summed E-state index contributed by atoms with van der Waals surface area (Å²) in [5, 5.41) is 0. The molecule has 1 heterocycles. The molecule has 2 N–H and O–H groups in total. The zero-order valence-electron chi connectivity index (χ0n) is 6.54. The third-order valence-electron chi connectivity index (χ3n) is 1.97. The molecule has 1 aliphatic rings. The average Bonchev–Trinajstić information content (AvgIpc) is 1.95. The van der Waals surface area contributed by atoms with E-state index in [0.717, 1.165) is 12.8 Å². The number of ether oxygens (including phenoxy) is 2. The van der Waals surface area contributed by atoms with Crippen molar-refractivity contribution in [1.82, 2.24) is 0 Å². The lowest BCUT2D eigenvalue weighted by Gasteiger charge is -2.31. The minimum Gasteiger partial charge on any atom is -0.356 e. The first-order valence-corrected chi connectivity index (χ1v) is 3.68. The molecule has 1 fully saturated rings. The first kappa shape index (κ1) is 7.98. The van der Waals surface area contributed by atoms with Gasteiger partial charge in [-0.3, -0.25) is 0 Å². The lowest BCUT2D eigenvalue weighted by molar-refractivity contribution is -0.180. The summed E-state index contributed by atoms with van der Waals surface area (Å²) >= 11 is 0. The standard InChI is InChI=1S/C7H15NO2/c1-5-6(8)3-4-7(9-2)10-5/h5-7H,3-4,8H2,1-2H3/t5-,6-,7+/m1/s1. The van der Waals surface area contributed by atoms with Gasteiger partial charge in [-0.1, -0.05) is 0 Å². The van der Waals surface area contributed by atoms with Crippen LogP contribution in [-0.4, -0.2) is 25.5 Å². The van der Waals surface area contributed by atoms with Gasteiger partial charge in [0.05, 0.1) is 6.10 Å². The Balaban J connectivity index is 2.33. The maximum absolute atomic E-state index is 5.71. The third kappa shape index (κ3) is 1.68. The molecule has 3 nitrogen and oxygen atoms in total. The molecule has 0 amide bonds. The lowest BCUT2D eigenvalue weighted by atomic mass is 10.0. The summed E-state index contributed by atoms with van der Waals surface area (Å²) in [7, 11) is 1.66. The maximum Gasteiger partial charge on any atom is 0.157 e. The van der Waals surface area contributed by atoms with Crippen molar-refractivity contribution >= 4 is 0 Å². The Labute approximate surface area is 61.5 Å². The summed E-state index contributed by atoms with van der Waals surface area (Å²) in [5.74, 6) is 0. The normalized spacial score (nSPS) is 41.7. The van der Waals surface area contributed by atoms with Crippen molar-refractivity contribution in [3.05, 3.63) is 0 Å². The van der Waals surface area contributed by atoms with E-state index in [0.29, 0.717) is 0 Å². The fourth-order valence-electron chi connectivity index (χ4n) is 1.15. The van der Waals surface area contributed by atoms with Crippen molar-refractivity contribution in [3.8, 4) is 0 Å². The molecule has 0 spiro atoms. The second-order valence-corrected chi connectivity index (χ2v) is 2.75. The molecule has 3 atom stereocenters. The highest BCUT2D eigenvalue weighted by Gasteiger charge is 2.24. The van der Waals surface area contributed by atoms with Crippen LogP contribution >= 0.6 is 0 Å². The van der Waals surface area contributed by atoms with Crippen LogP contribution in [-0.2, 0) is 9.47 Å². The zero-order valence-corrected chi connectivity index (χ0v) is 6.54. The Kier molecular flexibility index (Phi) is 2.65. The van der Waals surface area contributed by atoms with Gasteiger partial charge in [0.15, 0.2) is 6.29 Å². The molecule has 60 valence electrons. The Morgan fingerprint density at radius 3 is 2.70 bits per heavy atom. The molecule has 0 aromatic heterocycles. The SMILES string of the molecule is CO[C@@H]1CC[C@@H](N)[C@@H](C)O1. The number of methoxy groups -OCH3 is 1. The van der Waals surface area contributed by atoms with Gasteiger partial charge in [-0.25, -0.2) is 0 Å². The highest BCUT2D eigenvalue weighted by atomic mass is 16.7. The van der Waals surface area contributed by atoms with Gasteiger partial charge in [-0.15, -0.1) is 0 Å². The van der Waals surface area contributed by atoms with Gasteiger partial charge in [0.25, 0.3) is 0 Å². The fourth-order valence-corrected chi connectivity index (χ4v) is 1.15. The van der Waals surface area contributed by atoms with Gasteiger partial charge >= 0.3 is 0 Å². The second-order valence-electron chi connectivity index (χ2n) is 2.75. The van der Waals surface area contributed by atoms with Crippen LogP contribution in [0.15, 0.2) is 0 Å². The third-order valence-corrected chi connectivity index (χ3v) is 1.97. The van der Waals surface area contributed by atoms with Crippen LogP contribution in [0.3, 0.4) is 0 Å². The molecule has 0 bridgehead atoms. The summed E-state index contributed by atoms with van der Waals surface area (Å²) < 4.78 is 10.4. The minimum absolute atomic E-state index is 0.0326. The summed E-state index contributed by atoms with van der Waals surface area (Å²) in [5.41, 5.74) is 5.71. The molecular weight excluding hydrogens is 130 g/mol. The summed E-state index contributed by atoms with van der Waals surface area (Å²) in [6.45, 7) is 1.98. The summed E-state index contributed by atoms with van der Waals surface area (Å²) in [4.78, 5) is 0. The van der Waals surface area contributed by atoms with Crippen molar-refractivity contribution < 1.29 is 9.47 Å². The molecule has 0 saturated carbocycles. The highest BCUT2D eigenvalue weighted by Crippen LogP contribution is 2.17. The van der Waals surface area contributed by atoms with Crippen molar-refractivity contribution in [2.45, 2.75) is 38.2 Å². The van der Waals surface area contributed by atoms with Gasteiger partial charge in [-0.05, 0) is 19.8 Å². The maximum atomic E-state index is 5.71. The van der Waals surface area contributed by atoms with Crippen LogP contribution in [0.4, 0.5) is 0 Å². The van der Waals surface area contributed by atoms with E-state index >= 15 is 0 Å². The van der Waals surface area contributed by atoms with Gasteiger partial charge in [0, 0.05) is 13.2 Å². The number of hydrogen-bond donors (Lipinski definition) is 1. The first-order chi connectivity index (χ1) is 4.74. The monoisotopic (exact) mass is 145 g/mol. The molecule has 1 rings (SSSR count). The number of hydrogen-bond acceptors (Lipinski definition) is 3. The fraction of sp³-hybridized carbons (Fsp3) is 1.00. The smallest absolute Gasteiger partial charge is 0.157 e.